The first-order valence-electron chi connectivity index (χ1n) is 4.26. The highest BCUT2D eigenvalue weighted by atomic mass is 32.1. The van der Waals surface area contributed by atoms with Gasteiger partial charge in [-0.05, 0) is 18.2 Å². The highest BCUT2D eigenvalue weighted by molar-refractivity contribution is 7.82. The van der Waals surface area contributed by atoms with Crippen LogP contribution in [0.2, 0.25) is 0 Å². The maximum atomic E-state index is 5.18. The fourth-order valence-corrected chi connectivity index (χ4v) is 2.05. The van der Waals surface area contributed by atoms with Gasteiger partial charge >= 0.3 is 0 Å². The van der Waals surface area contributed by atoms with Gasteiger partial charge in [-0.3, -0.25) is 0 Å². The standard InChI is InChI=1S/C10H10N2S2/c1-12(2)6-3-4-7-8(5-6)10(14)11-9(7)13/h3-5H,1-2H3,(H,11,13,14). The van der Waals surface area contributed by atoms with Crippen molar-refractivity contribution in [1.82, 2.24) is 5.32 Å². The first kappa shape index (κ1) is 9.55. The fourth-order valence-electron chi connectivity index (χ4n) is 1.43. The molecule has 1 aromatic carbocycles. The molecule has 1 N–H and O–H groups in total. The first-order valence-corrected chi connectivity index (χ1v) is 5.08. The van der Waals surface area contributed by atoms with Crippen LogP contribution >= 0.6 is 24.4 Å². The number of rotatable bonds is 1. The molecule has 0 saturated heterocycles. The maximum Gasteiger partial charge on any atom is 0.112 e. The van der Waals surface area contributed by atoms with E-state index in [4.69, 9.17) is 24.4 Å². The van der Waals surface area contributed by atoms with Crippen LogP contribution in [0.25, 0.3) is 0 Å². The van der Waals surface area contributed by atoms with E-state index in [0.717, 1.165) is 26.8 Å². The molecule has 72 valence electrons. The summed E-state index contributed by atoms with van der Waals surface area (Å²) >= 11 is 10.3. The lowest BCUT2D eigenvalue weighted by Crippen LogP contribution is -2.18. The zero-order chi connectivity index (χ0) is 10.3. The number of thiocarbonyl (C=S) groups is 2. The Morgan fingerprint density at radius 2 is 1.71 bits per heavy atom. The minimum absolute atomic E-state index is 0.730. The van der Waals surface area contributed by atoms with Crippen LogP contribution in [0, 0.1) is 0 Å². The molecule has 1 heterocycles. The summed E-state index contributed by atoms with van der Waals surface area (Å²) in [6.07, 6.45) is 0. The summed E-state index contributed by atoms with van der Waals surface area (Å²) in [5, 5.41) is 2.99. The molecule has 0 amide bonds. The van der Waals surface area contributed by atoms with Crippen LogP contribution in [0.5, 0.6) is 0 Å². The Kier molecular flexibility index (Phi) is 2.25. The Morgan fingerprint density at radius 1 is 1.07 bits per heavy atom. The number of benzene rings is 1. The molecule has 0 aliphatic carbocycles. The smallest absolute Gasteiger partial charge is 0.112 e. The number of hydrogen-bond acceptors (Lipinski definition) is 3. The summed E-state index contributed by atoms with van der Waals surface area (Å²) in [5.41, 5.74) is 3.21. The molecular weight excluding hydrogens is 212 g/mol. The van der Waals surface area contributed by atoms with Crippen molar-refractivity contribution >= 4 is 40.1 Å². The van der Waals surface area contributed by atoms with Gasteiger partial charge < -0.3 is 10.2 Å². The van der Waals surface area contributed by atoms with Crippen molar-refractivity contribution in [2.75, 3.05) is 19.0 Å². The molecule has 2 rings (SSSR count). The monoisotopic (exact) mass is 222 g/mol. The number of anilines is 1. The number of nitrogens with zero attached hydrogens (tertiary/aromatic N) is 1. The van der Waals surface area contributed by atoms with Crippen molar-refractivity contribution in [1.29, 1.82) is 0 Å². The third-order valence-corrected chi connectivity index (χ3v) is 2.88. The van der Waals surface area contributed by atoms with E-state index in [2.05, 4.69) is 11.4 Å². The van der Waals surface area contributed by atoms with Crippen molar-refractivity contribution in [3.05, 3.63) is 29.3 Å². The second-order valence-corrected chi connectivity index (χ2v) is 4.22. The summed E-state index contributed by atoms with van der Waals surface area (Å²) < 4.78 is 0. The Balaban J connectivity index is 2.55. The van der Waals surface area contributed by atoms with Crippen LogP contribution in [0.15, 0.2) is 18.2 Å². The normalized spacial score (nSPS) is 13.9. The summed E-state index contributed by atoms with van der Waals surface area (Å²) in [5.74, 6) is 0. The van der Waals surface area contributed by atoms with Crippen LogP contribution in [-0.4, -0.2) is 24.1 Å². The fraction of sp³-hybridized carbons (Fsp3) is 0.200. The summed E-state index contributed by atoms with van der Waals surface area (Å²) in [6, 6.07) is 6.12. The van der Waals surface area contributed by atoms with Crippen LogP contribution in [-0.2, 0) is 0 Å². The highest BCUT2D eigenvalue weighted by Gasteiger charge is 2.20. The highest BCUT2D eigenvalue weighted by Crippen LogP contribution is 2.22. The third-order valence-electron chi connectivity index (χ3n) is 2.24. The van der Waals surface area contributed by atoms with Crippen LogP contribution in [0.3, 0.4) is 0 Å². The zero-order valence-electron chi connectivity index (χ0n) is 8.00. The molecule has 0 saturated carbocycles. The van der Waals surface area contributed by atoms with Gasteiger partial charge in [0.15, 0.2) is 0 Å². The zero-order valence-corrected chi connectivity index (χ0v) is 9.63. The van der Waals surface area contributed by atoms with E-state index >= 15 is 0 Å². The molecule has 4 heteroatoms. The van der Waals surface area contributed by atoms with E-state index in [9.17, 15) is 0 Å². The van der Waals surface area contributed by atoms with E-state index in [-0.39, 0.29) is 0 Å². The topological polar surface area (TPSA) is 15.3 Å². The average Bonchev–Trinajstić information content (AvgIpc) is 2.42. The molecule has 0 spiro atoms. The van der Waals surface area contributed by atoms with Crippen LogP contribution in [0.4, 0.5) is 5.69 Å². The largest absolute Gasteiger partial charge is 0.378 e. The van der Waals surface area contributed by atoms with E-state index in [1.54, 1.807) is 0 Å². The van der Waals surface area contributed by atoms with Crippen molar-refractivity contribution < 1.29 is 0 Å². The number of hydrogen-bond donors (Lipinski definition) is 1. The second kappa shape index (κ2) is 3.29. The Labute approximate surface area is 93.9 Å². The van der Waals surface area contributed by atoms with Gasteiger partial charge in [0.2, 0.25) is 0 Å². The molecular formula is C10H10N2S2. The van der Waals surface area contributed by atoms with Gasteiger partial charge in [0.1, 0.15) is 9.98 Å². The lowest BCUT2D eigenvalue weighted by Gasteiger charge is -2.12. The van der Waals surface area contributed by atoms with Gasteiger partial charge in [-0.1, -0.05) is 24.4 Å². The van der Waals surface area contributed by atoms with Crippen molar-refractivity contribution in [3.8, 4) is 0 Å². The molecule has 0 fully saturated rings. The predicted molar refractivity (Wildman–Crippen MR) is 67.3 cm³/mol. The van der Waals surface area contributed by atoms with E-state index in [0.29, 0.717) is 0 Å². The molecule has 1 aliphatic rings. The number of fused-ring (bicyclic) bond motifs is 1. The Morgan fingerprint density at radius 3 is 2.36 bits per heavy atom. The van der Waals surface area contributed by atoms with Gasteiger partial charge in [0, 0.05) is 30.9 Å². The molecule has 14 heavy (non-hydrogen) atoms. The molecule has 0 unspecified atom stereocenters. The Hall–Kier alpha value is -1.00. The Bertz CT molecular complexity index is 424. The molecule has 0 radical (unpaired) electrons. The van der Waals surface area contributed by atoms with Gasteiger partial charge in [0.05, 0.1) is 0 Å². The van der Waals surface area contributed by atoms with Crippen LogP contribution < -0.4 is 10.2 Å². The quantitative estimate of drug-likeness (QED) is 0.727. The summed E-state index contributed by atoms with van der Waals surface area (Å²) in [4.78, 5) is 3.51. The molecule has 1 aliphatic heterocycles. The molecule has 0 aromatic heterocycles. The predicted octanol–water partition coefficient (Wildman–Crippen LogP) is 1.71. The van der Waals surface area contributed by atoms with Gasteiger partial charge in [-0.25, -0.2) is 0 Å². The molecule has 2 nitrogen and oxygen atoms in total. The van der Waals surface area contributed by atoms with E-state index in [1.165, 1.54) is 0 Å². The molecule has 0 bridgehead atoms. The first-order chi connectivity index (χ1) is 6.59. The van der Waals surface area contributed by atoms with Crippen molar-refractivity contribution in [2.45, 2.75) is 0 Å². The lowest BCUT2D eigenvalue weighted by atomic mass is 10.1. The summed E-state index contributed by atoms with van der Waals surface area (Å²) in [6.45, 7) is 0. The van der Waals surface area contributed by atoms with E-state index in [1.807, 2.05) is 31.1 Å². The minimum Gasteiger partial charge on any atom is -0.378 e. The minimum atomic E-state index is 0.730. The lowest BCUT2D eigenvalue weighted by molar-refractivity contribution is 1.13. The van der Waals surface area contributed by atoms with Crippen molar-refractivity contribution in [3.63, 3.8) is 0 Å². The van der Waals surface area contributed by atoms with Gasteiger partial charge in [-0.15, -0.1) is 0 Å². The maximum absolute atomic E-state index is 5.18. The SMILES string of the molecule is CN(C)c1ccc2c(c1)C(=S)NC2=S. The second-order valence-electron chi connectivity index (χ2n) is 3.41. The third kappa shape index (κ3) is 1.40. The number of nitrogens with one attached hydrogen (secondary N) is 1. The summed E-state index contributed by atoms with van der Waals surface area (Å²) in [7, 11) is 4.01. The van der Waals surface area contributed by atoms with Crippen LogP contribution in [0.1, 0.15) is 11.1 Å². The average molecular weight is 222 g/mol. The molecule has 1 aromatic rings. The molecule has 0 atom stereocenters. The van der Waals surface area contributed by atoms with E-state index < -0.39 is 0 Å². The van der Waals surface area contributed by atoms with Gasteiger partial charge in [0.25, 0.3) is 0 Å². The van der Waals surface area contributed by atoms with Gasteiger partial charge in [-0.2, -0.15) is 0 Å². The van der Waals surface area contributed by atoms with Crippen molar-refractivity contribution in [2.24, 2.45) is 0 Å².